The van der Waals surface area contributed by atoms with E-state index in [1.807, 2.05) is 6.07 Å². The number of carbonyl (C=O) groups excluding carboxylic acids is 2. The lowest BCUT2D eigenvalue weighted by Crippen LogP contribution is -2.49. The van der Waals surface area contributed by atoms with Crippen LogP contribution in [0.15, 0.2) is 48.5 Å². The number of non-ortho nitro benzene ring substituents is 1. The van der Waals surface area contributed by atoms with Crippen molar-refractivity contribution in [1.82, 2.24) is 10.2 Å². The molecule has 1 N–H and O–H groups in total. The smallest absolute Gasteiger partial charge is 0.269 e. The van der Waals surface area contributed by atoms with Crippen molar-refractivity contribution in [3.8, 4) is 5.75 Å². The number of benzene rings is 2. The summed E-state index contributed by atoms with van der Waals surface area (Å²) in [4.78, 5) is 38.9. The summed E-state index contributed by atoms with van der Waals surface area (Å²) in [7, 11) is 1.54. The van der Waals surface area contributed by atoms with Gasteiger partial charge < -0.3 is 15.0 Å². The van der Waals surface area contributed by atoms with Crippen LogP contribution in [-0.4, -0.2) is 40.8 Å². The number of nitrogens with zero attached hydrogens (tertiary/aromatic N) is 2. The van der Waals surface area contributed by atoms with Gasteiger partial charge in [0.15, 0.2) is 0 Å². The molecule has 32 heavy (non-hydrogen) atoms. The van der Waals surface area contributed by atoms with Crippen LogP contribution in [0.25, 0.3) is 0 Å². The molecule has 0 bridgehead atoms. The molecular formula is C24H27N3O5. The van der Waals surface area contributed by atoms with Crippen LogP contribution in [0, 0.1) is 16.0 Å². The summed E-state index contributed by atoms with van der Waals surface area (Å²) < 4.78 is 5.39. The fourth-order valence-electron chi connectivity index (χ4n) is 4.99. The van der Waals surface area contributed by atoms with E-state index in [1.54, 1.807) is 35.2 Å². The van der Waals surface area contributed by atoms with Crippen LogP contribution in [0.5, 0.6) is 5.75 Å². The number of nitro benzene ring substituents is 1. The van der Waals surface area contributed by atoms with Gasteiger partial charge in [0, 0.05) is 24.7 Å². The Kier molecular flexibility index (Phi) is 6.39. The first-order valence-electron chi connectivity index (χ1n) is 11.0. The topological polar surface area (TPSA) is 102 Å². The Morgan fingerprint density at radius 3 is 2.56 bits per heavy atom. The van der Waals surface area contributed by atoms with E-state index in [0.29, 0.717) is 23.7 Å². The number of hydrogen-bond acceptors (Lipinski definition) is 5. The lowest BCUT2D eigenvalue weighted by Gasteiger charge is -2.34. The molecule has 3 atom stereocenters. The number of para-hydroxylation sites is 1. The van der Waals surface area contributed by atoms with Crippen LogP contribution in [-0.2, 0) is 11.3 Å². The standard InChI is InChI=1S/C24H27N3O5/c1-32-22-9-5-3-7-19(22)24(29)26-20-8-4-2-6-17(20)14-21(26)23(28)25-15-16-10-12-18(13-11-16)27(30)31/h3,5,7,9-13,17,20-21H,2,4,6,8,14-15H2,1H3,(H,25,28). The number of nitro groups is 1. The van der Waals surface area contributed by atoms with Crippen molar-refractivity contribution >= 4 is 17.5 Å². The third-order valence-corrected chi connectivity index (χ3v) is 6.58. The maximum absolute atomic E-state index is 13.6. The summed E-state index contributed by atoms with van der Waals surface area (Å²) in [5.74, 6) is 0.452. The SMILES string of the molecule is COc1ccccc1C(=O)N1C(C(=O)NCc2ccc([N+](=O)[O-])cc2)CC2CCCCC21. The number of ether oxygens (including phenoxy) is 1. The molecule has 2 aliphatic rings. The lowest BCUT2D eigenvalue weighted by molar-refractivity contribution is -0.384. The Bertz CT molecular complexity index is 1010. The number of likely N-dealkylation sites (tertiary alicyclic amines) is 1. The van der Waals surface area contributed by atoms with Crippen LogP contribution < -0.4 is 10.1 Å². The van der Waals surface area contributed by atoms with Crippen molar-refractivity contribution in [2.75, 3.05) is 7.11 Å². The van der Waals surface area contributed by atoms with Crippen molar-refractivity contribution in [3.63, 3.8) is 0 Å². The molecule has 2 aromatic carbocycles. The van der Waals surface area contributed by atoms with Gasteiger partial charge in [0.1, 0.15) is 11.8 Å². The van der Waals surface area contributed by atoms with Crippen molar-refractivity contribution in [2.45, 2.75) is 50.7 Å². The Balaban J connectivity index is 1.53. The fourth-order valence-corrected chi connectivity index (χ4v) is 4.99. The van der Waals surface area contributed by atoms with Gasteiger partial charge in [0.05, 0.1) is 17.6 Å². The molecule has 2 fully saturated rings. The van der Waals surface area contributed by atoms with Gasteiger partial charge in [-0.1, -0.05) is 37.1 Å². The van der Waals surface area contributed by atoms with Gasteiger partial charge in [0.25, 0.3) is 11.6 Å². The number of rotatable bonds is 6. The highest BCUT2D eigenvalue weighted by atomic mass is 16.6. The Morgan fingerprint density at radius 1 is 1.12 bits per heavy atom. The average molecular weight is 437 g/mol. The average Bonchev–Trinajstić information content (AvgIpc) is 3.22. The number of carbonyl (C=O) groups is 2. The normalized spacial score (nSPS) is 22.2. The summed E-state index contributed by atoms with van der Waals surface area (Å²) in [6.07, 6.45) is 4.74. The first-order valence-corrected chi connectivity index (χ1v) is 11.0. The Morgan fingerprint density at radius 2 is 1.84 bits per heavy atom. The summed E-state index contributed by atoms with van der Waals surface area (Å²) in [5, 5.41) is 13.8. The monoisotopic (exact) mass is 437 g/mol. The van der Waals surface area contributed by atoms with Crippen molar-refractivity contribution in [1.29, 1.82) is 0 Å². The van der Waals surface area contributed by atoms with Crippen LogP contribution in [0.2, 0.25) is 0 Å². The molecular weight excluding hydrogens is 410 g/mol. The van der Waals surface area contributed by atoms with Crippen LogP contribution >= 0.6 is 0 Å². The van der Waals surface area contributed by atoms with E-state index in [0.717, 1.165) is 31.2 Å². The predicted molar refractivity (Wildman–Crippen MR) is 118 cm³/mol. The van der Waals surface area contributed by atoms with Gasteiger partial charge in [-0.3, -0.25) is 19.7 Å². The van der Waals surface area contributed by atoms with Crippen molar-refractivity contribution < 1.29 is 19.2 Å². The molecule has 168 valence electrons. The second-order valence-corrected chi connectivity index (χ2v) is 8.42. The molecule has 2 aromatic rings. The van der Waals surface area contributed by atoms with Gasteiger partial charge in [-0.05, 0) is 42.9 Å². The van der Waals surface area contributed by atoms with E-state index in [2.05, 4.69) is 5.32 Å². The fraction of sp³-hybridized carbons (Fsp3) is 0.417. The number of fused-ring (bicyclic) bond motifs is 1. The van der Waals surface area contributed by atoms with E-state index in [9.17, 15) is 19.7 Å². The third kappa shape index (κ3) is 4.30. The van der Waals surface area contributed by atoms with Gasteiger partial charge in [0.2, 0.25) is 5.91 Å². The first-order chi connectivity index (χ1) is 15.5. The molecule has 1 heterocycles. The van der Waals surface area contributed by atoms with E-state index in [1.165, 1.54) is 19.2 Å². The van der Waals surface area contributed by atoms with Crippen LogP contribution in [0.3, 0.4) is 0 Å². The number of nitrogens with one attached hydrogen (secondary N) is 1. The highest BCUT2D eigenvalue weighted by Crippen LogP contribution is 2.41. The molecule has 0 aromatic heterocycles. The van der Waals surface area contributed by atoms with Gasteiger partial charge >= 0.3 is 0 Å². The lowest BCUT2D eigenvalue weighted by atomic mass is 9.84. The zero-order valence-corrected chi connectivity index (χ0v) is 18.0. The quantitative estimate of drug-likeness (QED) is 0.549. The van der Waals surface area contributed by atoms with Gasteiger partial charge in [-0.2, -0.15) is 0 Å². The van der Waals surface area contributed by atoms with Gasteiger partial charge in [-0.25, -0.2) is 0 Å². The first kappa shape index (κ1) is 21.8. The van der Waals surface area contributed by atoms with Crippen molar-refractivity contribution in [3.05, 3.63) is 69.8 Å². The van der Waals surface area contributed by atoms with Crippen LogP contribution in [0.4, 0.5) is 5.69 Å². The maximum Gasteiger partial charge on any atom is 0.269 e. The Labute approximate surface area is 186 Å². The molecule has 1 saturated heterocycles. The van der Waals surface area contributed by atoms with Crippen LogP contribution in [0.1, 0.15) is 48.0 Å². The summed E-state index contributed by atoms with van der Waals surface area (Å²) >= 11 is 0. The minimum Gasteiger partial charge on any atom is -0.496 e. The highest BCUT2D eigenvalue weighted by molar-refractivity contribution is 6.00. The van der Waals surface area contributed by atoms with E-state index in [4.69, 9.17) is 4.74 Å². The van der Waals surface area contributed by atoms with E-state index < -0.39 is 11.0 Å². The Hall–Kier alpha value is -3.42. The molecule has 2 amide bonds. The van der Waals surface area contributed by atoms with Gasteiger partial charge in [-0.15, -0.1) is 0 Å². The second-order valence-electron chi connectivity index (χ2n) is 8.42. The number of hydrogen-bond donors (Lipinski definition) is 1. The number of methoxy groups -OCH3 is 1. The third-order valence-electron chi connectivity index (χ3n) is 6.58. The number of amides is 2. The molecule has 1 aliphatic heterocycles. The predicted octanol–water partition coefficient (Wildman–Crippen LogP) is 3.69. The van der Waals surface area contributed by atoms with E-state index in [-0.39, 0.29) is 30.1 Å². The summed E-state index contributed by atoms with van der Waals surface area (Å²) in [6.45, 7) is 0.249. The molecule has 4 rings (SSSR count). The molecule has 8 heteroatoms. The molecule has 3 unspecified atom stereocenters. The molecule has 1 aliphatic carbocycles. The van der Waals surface area contributed by atoms with E-state index >= 15 is 0 Å². The minimum absolute atomic E-state index is 0.00789. The summed E-state index contributed by atoms with van der Waals surface area (Å²) in [5.41, 5.74) is 1.24. The van der Waals surface area contributed by atoms with Crippen molar-refractivity contribution in [2.24, 2.45) is 5.92 Å². The zero-order valence-electron chi connectivity index (χ0n) is 18.0. The highest BCUT2D eigenvalue weighted by Gasteiger charge is 2.47. The maximum atomic E-state index is 13.6. The molecule has 0 spiro atoms. The largest absolute Gasteiger partial charge is 0.496 e. The summed E-state index contributed by atoms with van der Waals surface area (Å²) in [6, 6.07) is 12.7. The molecule has 1 saturated carbocycles. The minimum atomic E-state index is -0.543. The molecule has 8 nitrogen and oxygen atoms in total. The second kappa shape index (κ2) is 9.38. The zero-order chi connectivity index (χ0) is 22.7. The molecule has 0 radical (unpaired) electrons.